The van der Waals surface area contributed by atoms with Crippen LogP contribution in [0.2, 0.25) is 0 Å². The highest BCUT2D eigenvalue weighted by Gasteiger charge is 2.37. The first-order valence-corrected chi connectivity index (χ1v) is 8.35. The van der Waals surface area contributed by atoms with Crippen molar-refractivity contribution in [3.8, 4) is 11.5 Å². The van der Waals surface area contributed by atoms with Crippen molar-refractivity contribution >= 4 is 0 Å². The van der Waals surface area contributed by atoms with E-state index in [0.29, 0.717) is 19.3 Å². The summed E-state index contributed by atoms with van der Waals surface area (Å²) in [7, 11) is 0. The third-order valence-electron chi connectivity index (χ3n) is 4.60. The number of hydrogen-bond donors (Lipinski definition) is 2. The van der Waals surface area contributed by atoms with Crippen LogP contribution in [0.1, 0.15) is 45.6 Å². The third-order valence-corrected chi connectivity index (χ3v) is 4.60. The van der Waals surface area contributed by atoms with Gasteiger partial charge in [0.15, 0.2) is 11.5 Å². The van der Waals surface area contributed by atoms with Crippen LogP contribution in [0.5, 0.6) is 11.5 Å². The molecule has 0 radical (unpaired) electrons. The highest BCUT2D eigenvalue weighted by molar-refractivity contribution is 5.43. The topological polar surface area (TPSA) is 50.7 Å². The first kappa shape index (κ1) is 17.1. The predicted molar refractivity (Wildman–Crippen MR) is 88.5 cm³/mol. The normalized spacial score (nSPS) is 24.5. The van der Waals surface area contributed by atoms with Crippen molar-refractivity contribution in [1.29, 1.82) is 0 Å². The Morgan fingerprint density at radius 2 is 1.95 bits per heavy atom. The Morgan fingerprint density at radius 1 is 1.23 bits per heavy atom. The maximum absolute atomic E-state index is 9.63. The number of nitrogens with one attached hydrogen (secondary N) is 1. The molecular weight excluding hydrogens is 278 g/mol. The molecule has 1 fully saturated rings. The number of aliphatic hydroxyl groups is 1. The second kappa shape index (κ2) is 7.84. The Morgan fingerprint density at radius 3 is 2.64 bits per heavy atom. The van der Waals surface area contributed by atoms with Crippen molar-refractivity contribution in [2.45, 2.75) is 52.6 Å². The van der Waals surface area contributed by atoms with Crippen LogP contribution in [-0.4, -0.2) is 31.0 Å². The van der Waals surface area contributed by atoms with Crippen molar-refractivity contribution in [3.63, 3.8) is 0 Å². The number of aliphatic hydroxyl groups excluding tert-OH is 1. The van der Waals surface area contributed by atoms with Crippen molar-refractivity contribution in [3.05, 3.63) is 23.8 Å². The smallest absolute Gasteiger partial charge is 0.161 e. The van der Waals surface area contributed by atoms with Crippen LogP contribution < -0.4 is 14.8 Å². The molecule has 4 heteroatoms. The van der Waals surface area contributed by atoms with E-state index in [1.807, 2.05) is 26.0 Å². The largest absolute Gasteiger partial charge is 0.490 e. The molecule has 0 bridgehead atoms. The summed E-state index contributed by atoms with van der Waals surface area (Å²) in [4.78, 5) is 0. The monoisotopic (exact) mass is 307 g/mol. The van der Waals surface area contributed by atoms with Gasteiger partial charge in [0.1, 0.15) is 0 Å². The van der Waals surface area contributed by atoms with E-state index in [4.69, 9.17) is 9.47 Å². The molecule has 0 aromatic heterocycles. The lowest BCUT2D eigenvalue weighted by Gasteiger charge is -2.30. The molecule has 1 aromatic carbocycles. The minimum absolute atomic E-state index is 0.00795. The summed E-state index contributed by atoms with van der Waals surface area (Å²) in [5, 5.41) is 13.2. The van der Waals surface area contributed by atoms with Crippen LogP contribution in [0.25, 0.3) is 0 Å². The van der Waals surface area contributed by atoms with Crippen LogP contribution in [0.3, 0.4) is 0 Å². The van der Waals surface area contributed by atoms with Gasteiger partial charge in [-0.1, -0.05) is 19.4 Å². The van der Waals surface area contributed by atoms with Gasteiger partial charge < -0.3 is 19.9 Å². The molecule has 1 aliphatic rings. The average molecular weight is 307 g/mol. The molecule has 0 saturated heterocycles. The molecule has 0 aliphatic heterocycles. The number of hydrogen-bond acceptors (Lipinski definition) is 4. The first-order chi connectivity index (χ1) is 10.6. The fraction of sp³-hybridized carbons (Fsp3) is 0.667. The van der Waals surface area contributed by atoms with Crippen molar-refractivity contribution in [2.24, 2.45) is 5.41 Å². The fourth-order valence-corrected chi connectivity index (χ4v) is 3.22. The quantitative estimate of drug-likeness (QED) is 0.775. The van der Waals surface area contributed by atoms with Crippen LogP contribution in [0, 0.1) is 5.41 Å². The maximum atomic E-state index is 9.63. The summed E-state index contributed by atoms with van der Waals surface area (Å²) in [5.41, 5.74) is 1.19. The van der Waals surface area contributed by atoms with Gasteiger partial charge in [0, 0.05) is 24.6 Å². The van der Waals surface area contributed by atoms with Crippen molar-refractivity contribution in [1.82, 2.24) is 5.32 Å². The third kappa shape index (κ3) is 3.93. The van der Waals surface area contributed by atoms with Gasteiger partial charge in [0.05, 0.1) is 13.2 Å². The van der Waals surface area contributed by atoms with Crippen LogP contribution >= 0.6 is 0 Å². The van der Waals surface area contributed by atoms with E-state index in [1.165, 1.54) is 12.0 Å². The summed E-state index contributed by atoms with van der Waals surface area (Å²) in [5.74, 6) is 1.61. The minimum Gasteiger partial charge on any atom is -0.490 e. The van der Waals surface area contributed by atoms with Gasteiger partial charge in [-0.05, 0) is 44.4 Å². The molecule has 22 heavy (non-hydrogen) atoms. The van der Waals surface area contributed by atoms with E-state index in [-0.39, 0.29) is 12.0 Å². The zero-order chi connectivity index (χ0) is 16.0. The zero-order valence-corrected chi connectivity index (χ0v) is 14.0. The Hall–Kier alpha value is -1.26. The second-order valence-electron chi connectivity index (χ2n) is 6.28. The van der Waals surface area contributed by atoms with Gasteiger partial charge in [0.2, 0.25) is 0 Å². The summed E-state index contributed by atoms with van der Waals surface area (Å²) in [6.45, 7) is 8.41. The lowest BCUT2D eigenvalue weighted by molar-refractivity contribution is 0.118. The van der Waals surface area contributed by atoms with E-state index in [9.17, 15) is 5.11 Å². The second-order valence-corrected chi connectivity index (χ2v) is 6.28. The predicted octanol–water partition coefficient (Wildman–Crippen LogP) is 3.12. The van der Waals surface area contributed by atoms with Crippen molar-refractivity contribution < 1.29 is 14.6 Å². The molecule has 2 unspecified atom stereocenters. The summed E-state index contributed by atoms with van der Waals surface area (Å²) < 4.78 is 11.3. The van der Waals surface area contributed by atoms with Gasteiger partial charge in [0.25, 0.3) is 0 Å². The average Bonchev–Trinajstić information content (AvgIpc) is 2.89. The summed E-state index contributed by atoms with van der Waals surface area (Å²) in [6, 6.07) is 6.48. The molecule has 0 spiro atoms. The summed E-state index contributed by atoms with van der Waals surface area (Å²) >= 11 is 0. The molecule has 4 nitrogen and oxygen atoms in total. The van der Waals surface area contributed by atoms with Gasteiger partial charge in [-0.25, -0.2) is 0 Å². The van der Waals surface area contributed by atoms with E-state index in [2.05, 4.69) is 18.3 Å². The lowest BCUT2D eigenvalue weighted by Crippen LogP contribution is -2.41. The SMILES string of the molecule is CCOc1ccc(CNC2CCCC2(C)CO)cc1OCC. The van der Waals surface area contributed by atoms with E-state index >= 15 is 0 Å². The number of ether oxygens (including phenoxy) is 2. The molecular formula is C18H29NO3. The minimum atomic E-state index is 0.00795. The molecule has 124 valence electrons. The zero-order valence-electron chi connectivity index (χ0n) is 14.0. The molecule has 2 rings (SSSR count). The molecule has 1 aliphatic carbocycles. The fourth-order valence-electron chi connectivity index (χ4n) is 3.22. The van der Waals surface area contributed by atoms with Gasteiger partial charge >= 0.3 is 0 Å². The molecule has 0 amide bonds. The Bertz CT molecular complexity index is 477. The summed E-state index contributed by atoms with van der Waals surface area (Å²) in [6.07, 6.45) is 3.41. The van der Waals surface area contributed by atoms with Crippen LogP contribution in [-0.2, 0) is 6.54 Å². The van der Waals surface area contributed by atoms with E-state index in [0.717, 1.165) is 30.9 Å². The van der Waals surface area contributed by atoms with Crippen LogP contribution in [0.4, 0.5) is 0 Å². The molecule has 1 saturated carbocycles. The Kier molecular flexibility index (Phi) is 6.09. The Labute approximate surface area is 133 Å². The first-order valence-electron chi connectivity index (χ1n) is 8.35. The van der Waals surface area contributed by atoms with Gasteiger partial charge in [-0.15, -0.1) is 0 Å². The molecule has 2 N–H and O–H groups in total. The maximum Gasteiger partial charge on any atom is 0.161 e. The van der Waals surface area contributed by atoms with Gasteiger partial charge in [-0.3, -0.25) is 0 Å². The van der Waals surface area contributed by atoms with Gasteiger partial charge in [-0.2, -0.15) is 0 Å². The molecule has 1 aromatic rings. The Balaban J connectivity index is 2.02. The molecule has 0 heterocycles. The highest BCUT2D eigenvalue weighted by atomic mass is 16.5. The standard InChI is InChI=1S/C18H29NO3/c1-4-21-15-9-8-14(11-16(15)22-5-2)12-19-17-7-6-10-18(17,3)13-20/h8-9,11,17,19-20H,4-7,10,12-13H2,1-3H3. The van der Waals surface area contributed by atoms with Crippen LogP contribution in [0.15, 0.2) is 18.2 Å². The number of benzene rings is 1. The van der Waals surface area contributed by atoms with Crippen molar-refractivity contribution in [2.75, 3.05) is 19.8 Å². The number of rotatable bonds is 8. The van der Waals surface area contributed by atoms with E-state index in [1.54, 1.807) is 0 Å². The molecule has 2 atom stereocenters. The highest BCUT2D eigenvalue weighted by Crippen LogP contribution is 2.37. The lowest BCUT2D eigenvalue weighted by atomic mass is 9.86. The van der Waals surface area contributed by atoms with E-state index < -0.39 is 0 Å².